The minimum Gasteiger partial charge on any atom is -0.445 e. The highest BCUT2D eigenvalue weighted by atomic mass is 16.6. The molecule has 0 saturated carbocycles. The van der Waals surface area contributed by atoms with Crippen molar-refractivity contribution >= 4 is 6.09 Å². The summed E-state index contributed by atoms with van der Waals surface area (Å²) in [5.41, 5.74) is 0.969. The number of likely N-dealkylation sites (tertiary alicyclic amines) is 1. The van der Waals surface area contributed by atoms with Gasteiger partial charge in [0.1, 0.15) is 6.61 Å². The van der Waals surface area contributed by atoms with Crippen LogP contribution in [0.2, 0.25) is 0 Å². The summed E-state index contributed by atoms with van der Waals surface area (Å²) in [6, 6.07) is 9.67. The van der Waals surface area contributed by atoms with E-state index in [1.165, 1.54) is 0 Å². The number of ether oxygens (including phenoxy) is 1. The molecule has 0 aromatic heterocycles. The summed E-state index contributed by atoms with van der Waals surface area (Å²) in [5, 5.41) is 9.70. The fourth-order valence-electron chi connectivity index (χ4n) is 2.49. The molecule has 2 atom stereocenters. The van der Waals surface area contributed by atoms with Gasteiger partial charge < -0.3 is 14.7 Å². The first-order chi connectivity index (χ1) is 9.08. The number of carbonyl (C=O) groups excluding carboxylic acids is 1. The Balaban J connectivity index is 1.92. The number of aliphatic hydroxyl groups is 1. The van der Waals surface area contributed by atoms with Crippen LogP contribution >= 0.6 is 0 Å². The first kappa shape index (κ1) is 13.9. The minimum absolute atomic E-state index is 0.0678. The van der Waals surface area contributed by atoms with Crippen LogP contribution in [0.4, 0.5) is 4.79 Å². The first-order valence-corrected chi connectivity index (χ1v) is 6.73. The lowest BCUT2D eigenvalue weighted by atomic mass is 10.0. The van der Waals surface area contributed by atoms with Crippen LogP contribution in [0.15, 0.2) is 30.3 Å². The van der Waals surface area contributed by atoms with Crippen LogP contribution in [0.5, 0.6) is 0 Å². The van der Waals surface area contributed by atoms with E-state index in [4.69, 9.17) is 4.74 Å². The van der Waals surface area contributed by atoms with E-state index in [0.29, 0.717) is 18.9 Å². The quantitative estimate of drug-likeness (QED) is 0.911. The highest BCUT2D eigenvalue weighted by molar-refractivity contribution is 5.68. The van der Waals surface area contributed by atoms with Crippen molar-refractivity contribution in [3.05, 3.63) is 35.9 Å². The Morgan fingerprint density at radius 1 is 1.42 bits per heavy atom. The first-order valence-electron chi connectivity index (χ1n) is 6.73. The molecule has 0 radical (unpaired) electrons. The van der Waals surface area contributed by atoms with Gasteiger partial charge in [-0.25, -0.2) is 4.79 Å². The van der Waals surface area contributed by atoms with Crippen LogP contribution in [0, 0.1) is 5.92 Å². The van der Waals surface area contributed by atoms with Gasteiger partial charge in [0, 0.05) is 6.04 Å². The summed E-state index contributed by atoms with van der Waals surface area (Å²) in [5.74, 6) is 0.321. The van der Waals surface area contributed by atoms with Crippen molar-refractivity contribution in [3.63, 3.8) is 0 Å². The Hall–Kier alpha value is -1.55. The molecule has 1 aromatic carbocycles. The molecule has 104 valence electrons. The van der Waals surface area contributed by atoms with Crippen LogP contribution in [-0.2, 0) is 11.3 Å². The molecule has 1 amide bonds. The molecule has 4 nitrogen and oxygen atoms in total. The van der Waals surface area contributed by atoms with Crippen LogP contribution in [0.1, 0.15) is 25.8 Å². The highest BCUT2D eigenvalue weighted by Gasteiger charge is 2.36. The Kier molecular flexibility index (Phi) is 4.43. The van der Waals surface area contributed by atoms with Crippen molar-refractivity contribution in [2.24, 2.45) is 5.92 Å². The number of aliphatic hydroxyl groups excluding tert-OH is 1. The molecular formula is C15H21NO3. The number of hydrogen-bond donors (Lipinski definition) is 1. The monoisotopic (exact) mass is 263 g/mol. The number of benzene rings is 1. The number of rotatable bonds is 3. The van der Waals surface area contributed by atoms with Crippen molar-refractivity contribution in [2.75, 3.05) is 6.54 Å². The Bertz CT molecular complexity index is 419. The molecular weight excluding hydrogens is 242 g/mol. The van der Waals surface area contributed by atoms with Crippen LogP contribution in [0.3, 0.4) is 0 Å². The van der Waals surface area contributed by atoms with Crippen molar-refractivity contribution in [1.82, 2.24) is 4.90 Å². The molecule has 4 heteroatoms. The Morgan fingerprint density at radius 3 is 2.74 bits per heavy atom. The van der Waals surface area contributed by atoms with E-state index >= 15 is 0 Å². The van der Waals surface area contributed by atoms with Crippen molar-refractivity contribution in [3.8, 4) is 0 Å². The number of hydrogen-bond acceptors (Lipinski definition) is 3. The maximum absolute atomic E-state index is 12.1. The lowest BCUT2D eigenvalue weighted by molar-refractivity contribution is 0.0817. The average molecular weight is 263 g/mol. The molecule has 0 aliphatic carbocycles. The second-order valence-electron chi connectivity index (χ2n) is 5.39. The molecule has 1 aliphatic rings. The van der Waals surface area contributed by atoms with E-state index < -0.39 is 6.10 Å². The van der Waals surface area contributed by atoms with Crippen molar-refractivity contribution in [1.29, 1.82) is 0 Å². The zero-order chi connectivity index (χ0) is 13.8. The second kappa shape index (κ2) is 6.06. The zero-order valence-corrected chi connectivity index (χ0v) is 11.5. The molecule has 1 aliphatic heterocycles. The molecule has 1 heterocycles. The zero-order valence-electron chi connectivity index (χ0n) is 11.5. The summed E-state index contributed by atoms with van der Waals surface area (Å²) < 4.78 is 5.32. The van der Waals surface area contributed by atoms with Gasteiger partial charge in [0.15, 0.2) is 0 Å². The third-order valence-corrected chi connectivity index (χ3v) is 3.53. The van der Waals surface area contributed by atoms with Gasteiger partial charge in [0.2, 0.25) is 0 Å². The number of carbonyl (C=O) groups is 1. The predicted molar refractivity (Wildman–Crippen MR) is 72.6 cm³/mol. The largest absolute Gasteiger partial charge is 0.445 e. The molecule has 1 N–H and O–H groups in total. The normalized spacial score (nSPS) is 22.8. The number of amides is 1. The van der Waals surface area contributed by atoms with Gasteiger partial charge in [-0.15, -0.1) is 0 Å². The molecule has 2 unspecified atom stereocenters. The van der Waals surface area contributed by atoms with Crippen molar-refractivity contribution in [2.45, 2.75) is 39.0 Å². The van der Waals surface area contributed by atoms with Crippen LogP contribution in [0.25, 0.3) is 0 Å². The smallest absolute Gasteiger partial charge is 0.410 e. The summed E-state index contributed by atoms with van der Waals surface area (Å²) in [7, 11) is 0. The van der Waals surface area contributed by atoms with Gasteiger partial charge in [-0.05, 0) is 17.9 Å². The van der Waals surface area contributed by atoms with E-state index in [1.54, 1.807) is 4.90 Å². The van der Waals surface area contributed by atoms with Gasteiger partial charge in [-0.2, -0.15) is 0 Å². The molecule has 2 rings (SSSR count). The Morgan fingerprint density at radius 2 is 2.11 bits per heavy atom. The topological polar surface area (TPSA) is 49.8 Å². The van der Waals surface area contributed by atoms with E-state index in [-0.39, 0.29) is 18.7 Å². The van der Waals surface area contributed by atoms with E-state index in [2.05, 4.69) is 13.8 Å². The lowest BCUT2D eigenvalue weighted by Crippen LogP contribution is -2.39. The van der Waals surface area contributed by atoms with E-state index in [1.807, 2.05) is 30.3 Å². The maximum Gasteiger partial charge on any atom is 0.410 e. The SMILES string of the molecule is CC(C)C1CC(O)CN1C(=O)OCc1ccccc1. The van der Waals surface area contributed by atoms with Gasteiger partial charge in [-0.1, -0.05) is 44.2 Å². The third-order valence-electron chi connectivity index (χ3n) is 3.53. The van der Waals surface area contributed by atoms with Gasteiger partial charge >= 0.3 is 6.09 Å². The molecule has 1 saturated heterocycles. The summed E-state index contributed by atoms with van der Waals surface area (Å²) in [6.07, 6.45) is -0.131. The van der Waals surface area contributed by atoms with E-state index in [0.717, 1.165) is 5.56 Å². The standard InChI is InChI=1S/C15H21NO3/c1-11(2)14-8-13(17)9-16(14)15(18)19-10-12-6-4-3-5-7-12/h3-7,11,13-14,17H,8-10H2,1-2H3. The highest BCUT2D eigenvalue weighted by Crippen LogP contribution is 2.25. The summed E-state index contributed by atoms with van der Waals surface area (Å²) >= 11 is 0. The number of nitrogens with zero attached hydrogens (tertiary/aromatic N) is 1. The fourth-order valence-corrected chi connectivity index (χ4v) is 2.49. The van der Waals surface area contributed by atoms with Gasteiger partial charge in [-0.3, -0.25) is 0 Å². The second-order valence-corrected chi connectivity index (χ2v) is 5.39. The molecule has 1 aromatic rings. The average Bonchev–Trinajstić information content (AvgIpc) is 2.79. The lowest BCUT2D eigenvalue weighted by Gasteiger charge is -2.26. The molecule has 19 heavy (non-hydrogen) atoms. The van der Waals surface area contributed by atoms with Gasteiger partial charge in [0.05, 0.1) is 12.6 Å². The van der Waals surface area contributed by atoms with Crippen LogP contribution in [-0.4, -0.2) is 34.8 Å². The maximum atomic E-state index is 12.1. The third kappa shape index (κ3) is 3.47. The fraction of sp³-hybridized carbons (Fsp3) is 0.533. The predicted octanol–water partition coefficient (Wildman–Crippen LogP) is 2.41. The summed E-state index contributed by atoms with van der Waals surface area (Å²) in [6.45, 7) is 4.76. The number of β-amino-alcohol motifs (C(OH)–C–C–N with tert-alkyl or cyclic N) is 1. The van der Waals surface area contributed by atoms with Crippen molar-refractivity contribution < 1.29 is 14.6 Å². The molecule has 1 fully saturated rings. The van der Waals surface area contributed by atoms with E-state index in [9.17, 15) is 9.90 Å². The van der Waals surface area contributed by atoms with Gasteiger partial charge in [0.25, 0.3) is 0 Å². The Labute approximate surface area is 114 Å². The molecule has 0 spiro atoms. The molecule has 0 bridgehead atoms. The van der Waals surface area contributed by atoms with Crippen LogP contribution < -0.4 is 0 Å². The summed E-state index contributed by atoms with van der Waals surface area (Å²) in [4.78, 5) is 13.7. The minimum atomic E-state index is -0.434.